The van der Waals surface area contributed by atoms with Crippen molar-refractivity contribution in [2.24, 2.45) is 5.73 Å². The van der Waals surface area contributed by atoms with Crippen LogP contribution in [0.5, 0.6) is 0 Å². The molecule has 0 atom stereocenters. The molecule has 4 nitrogen and oxygen atoms in total. The number of nitrogens with two attached hydrogens (primary N) is 1. The van der Waals surface area contributed by atoms with Crippen molar-refractivity contribution >= 4 is 0 Å². The molecule has 74 valence electrons. The highest BCUT2D eigenvalue weighted by molar-refractivity contribution is 5.17. The van der Waals surface area contributed by atoms with Crippen molar-refractivity contribution in [3.05, 3.63) is 46.3 Å². The summed E-state index contributed by atoms with van der Waals surface area (Å²) in [6.45, 7) is 8.93. The van der Waals surface area contributed by atoms with Crippen LogP contribution in [0.3, 0.4) is 0 Å². The van der Waals surface area contributed by atoms with E-state index in [1.54, 1.807) is 6.92 Å². The molecule has 0 bridgehead atoms. The summed E-state index contributed by atoms with van der Waals surface area (Å²) < 4.78 is 0. The van der Waals surface area contributed by atoms with Gasteiger partial charge >= 0.3 is 0 Å². The second-order valence-electron chi connectivity index (χ2n) is 1.96. The van der Waals surface area contributed by atoms with Gasteiger partial charge < -0.3 is 5.73 Å². The van der Waals surface area contributed by atoms with Crippen molar-refractivity contribution < 1.29 is 4.92 Å². The van der Waals surface area contributed by atoms with E-state index in [0.717, 1.165) is 0 Å². The van der Waals surface area contributed by atoms with E-state index in [-0.39, 0.29) is 5.70 Å². The molecule has 0 aliphatic rings. The third kappa shape index (κ3) is 8.33. The summed E-state index contributed by atoms with van der Waals surface area (Å²) in [6, 6.07) is 0. The highest BCUT2D eigenvalue weighted by Gasteiger charge is 2.00. The van der Waals surface area contributed by atoms with Gasteiger partial charge in [0.1, 0.15) is 0 Å². The van der Waals surface area contributed by atoms with E-state index in [1.165, 1.54) is 18.2 Å². The Bertz CT molecular complexity index is 226. The third-order valence-electron chi connectivity index (χ3n) is 0.937. The highest BCUT2D eigenvalue weighted by Crippen LogP contribution is 1.97. The zero-order valence-electron chi connectivity index (χ0n) is 8.28. The van der Waals surface area contributed by atoms with Crippen molar-refractivity contribution in [3.8, 4) is 0 Å². The van der Waals surface area contributed by atoms with Crippen LogP contribution in [0.1, 0.15) is 20.8 Å². The molecule has 0 fully saturated rings. The van der Waals surface area contributed by atoms with Gasteiger partial charge in [-0.25, -0.2) is 0 Å². The molecule has 0 aliphatic heterocycles. The predicted octanol–water partition coefficient (Wildman–Crippen LogP) is 2.22. The summed E-state index contributed by atoms with van der Waals surface area (Å²) in [5.41, 5.74) is 5.71. The first kappa shape index (κ1) is 14.0. The summed E-state index contributed by atoms with van der Waals surface area (Å²) in [5.74, 6) is 0. The molecule has 0 saturated heterocycles. The SMILES string of the molecule is C=C/C(=C\C=C(/C)N)[N+](=O)[O-].CC. The Morgan fingerprint density at radius 3 is 2.15 bits per heavy atom. The van der Waals surface area contributed by atoms with Crippen LogP contribution in [0.25, 0.3) is 0 Å². The number of nitro groups is 1. The molecular formula is C9H16N2O2. The fraction of sp³-hybridized carbons (Fsp3) is 0.333. The lowest BCUT2D eigenvalue weighted by atomic mass is 10.3. The molecule has 0 heterocycles. The Balaban J connectivity index is 0. The molecule has 4 heteroatoms. The maximum Gasteiger partial charge on any atom is 0.268 e. The Morgan fingerprint density at radius 2 is 1.92 bits per heavy atom. The van der Waals surface area contributed by atoms with Gasteiger partial charge in [-0.1, -0.05) is 20.4 Å². The Labute approximate surface area is 78.6 Å². The van der Waals surface area contributed by atoms with Crippen molar-refractivity contribution in [1.29, 1.82) is 0 Å². The quantitative estimate of drug-likeness (QED) is 0.415. The minimum atomic E-state index is -0.521. The number of allylic oxidation sites excluding steroid dienone is 4. The Hall–Kier alpha value is -1.58. The van der Waals surface area contributed by atoms with Crippen molar-refractivity contribution in [2.75, 3.05) is 0 Å². The van der Waals surface area contributed by atoms with E-state index >= 15 is 0 Å². The predicted molar refractivity (Wildman–Crippen MR) is 54.6 cm³/mol. The van der Waals surface area contributed by atoms with E-state index in [1.807, 2.05) is 13.8 Å². The average molecular weight is 184 g/mol. The van der Waals surface area contributed by atoms with Crippen LogP contribution in [-0.2, 0) is 0 Å². The lowest BCUT2D eigenvalue weighted by Crippen LogP contribution is -1.95. The number of hydrogen-bond donors (Lipinski definition) is 1. The molecule has 0 spiro atoms. The van der Waals surface area contributed by atoms with Gasteiger partial charge in [0.15, 0.2) is 0 Å². The highest BCUT2D eigenvalue weighted by atomic mass is 16.6. The van der Waals surface area contributed by atoms with Gasteiger partial charge in [0.25, 0.3) is 5.70 Å². The van der Waals surface area contributed by atoms with Crippen LogP contribution < -0.4 is 5.73 Å². The van der Waals surface area contributed by atoms with Crippen molar-refractivity contribution in [2.45, 2.75) is 20.8 Å². The van der Waals surface area contributed by atoms with E-state index in [4.69, 9.17) is 5.73 Å². The maximum absolute atomic E-state index is 10.1. The molecule has 2 N–H and O–H groups in total. The first-order valence-corrected chi connectivity index (χ1v) is 3.99. The molecule has 0 unspecified atom stereocenters. The fourth-order valence-electron chi connectivity index (χ4n) is 0.420. The van der Waals surface area contributed by atoms with Crippen LogP contribution in [-0.4, -0.2) is 4.92 Å². The summed E-state index contributed by atoms with van der Waals surface area (Å²) in [4.78, 5) is 9.62. The van der Waals surface area contributed by atoms with Crippen LogP contribution in [0.4, 0.5) is 0 Å². The first-order valence-electron chi connectivity index (χ1n) is 3.99. The third-order valence-corrected chi connectivity index (χ3v) is 0.937. The summed E-state index contributed by atoms with van der Waals surface area (Å²) in [6.07, 6.45) is 3.93. The van der Waals surface area contributed by atoms with E-state index < -0.39 is 4.92 Å². The van der Waals surface area contributed by atoms with Gasteiger partial charge in [-0.2, -0.15) is 0 Å². The summed E-state index contributed by atoms with van der Waals surface area (Å²) >= 11 is 0. The molecule has 13 heavy (non-hydrogen) atoms. The standard InChI is InChI=1S/C7H10N2O2.C2H6/c1-3-7(9(10)11)5-4-6(2)8;1-2/h3-5H,1,8H2,2H3;1-2H3/b6-4+,7-5+;. The van der Waals surface area contributed by atoms with Crippen LogP contribution >= 0.6 is 0 Å². The van der Waals surface area contributed by atoms with Gasteiger partial charge in [-0.3, -0.25) is 10.1 Å². The number of hydrogen-bond acceptors (Lipinski definition) is 3. The number of nitrogens with zero attached hydrogens (tertiary/aromatic N) is 1. The fourth-order valence-corrected chi connectivity index (χ4v) is 0.420. The summed E-state index contributed by atoms with van der Waals surface area (Å²) in [7, 11) is 0. The van der Waals surface area contributed by atoms with Crippen LogP contribution in [0, 0.1) is 10.1 Å². The van der Waals surface area contributed by atoms with Crippen molar-refractivity contribution in [1.82, 2.24) is 0 Å². The molecule has 0 aromatic carbocycles. The largest absolute Gasteiger partial charge is 0.402 e. The molecule has 0 rings (SSSR count). The molecule has 0 aromatic rings. The van der Waals surface area contributed by atoms with Gasteiger partial charge in [-0.15, -0.1) is 0 Å². The first-order chi connectivity index (χ1) is 6.07. The van der Waals surface area contributed by atoms with Gasteiger partial charge in [-0.05, 0) is 13.0 Å². The molecule has 0 aromatic heterocycles. The Morgan fingerprint density at radius 1 is 1.46 bits per heavy atom. The minimum Gasteiger partial charge on any atom is -0.402 e. The van der Waals surface area contributed by atoms with Gasteiger partial charge in [0.2, 0.25) is 0 Å². The monoisotopic (exact) mass is 184 g/mol. The number of rotatable bonds is 3. The van der Waals surface area contributed by atoms with Crippen molar-refractivity contribution in [3.63, 3.8) is 0 Å². The average Bonchev–Trinajstić information content (AvgIpc) is 2.08. The smallest absolute Gasteiger partial charge is 0.268 e. The van der Waals surface area contributed by atoms with Crippen LogP contribution in [0.15, 0.2) is 36.2 Å². The molecule has 0 amide bonds. The molecular weight excluding hydrogens is 168 g/mol. The summed E-state index contributed by atoms with van der Waals surface area (Å²) in [5, 5.41) is 10.1. The van der Waals surface area contributed by atoms with E-state index in [0.29, 0.717) is 5.70 Å². The zero-order valence-corrected chi connectivity index (χ0v) is 8.28. The second-order valence-corrected chi connectivity index (χ2v) is 1.96. The molecule has 0 radical (unpaired) electrons. The Kier molecular flexibility index (Phi) is 9.15. The normalized spacial score (nSPS) is 11.3. The van der Waals surface area contributed by atoms with E-state index in [2.05, 4.69) is 6.58 Å². The topological polar surface area (TPSA) is 69.2 Å². The minimum absolute atomic E-state index is 0.0604. The van der Waals surface area contributed by atoms with Gasteiger partial charge in [0.05, 0.1) is 4.92 Å². The molecule has 0 aliphatic carbocycles. The molecule has 0 saturated carbocycles. The zero-order chi connectivity index (χ0) is 10.9. The lowest BCUT2D eigenvalue weighted by Gasteiger charge is -1.87. The van der Waals surface area contributed by atoms with Crippen LogP contribution in [0.2, 0.25) is 0 Å². The van der Waals surface area contributed by atoms with E-state index in [9.17, 15) is 10.1 Å². The second kappa shape index (κ2) is 8.52. The maximum atomic E-state index is 10.1. The van der Waals surface area contributed by atoms with Gasteiger partial charge in [0, 0.05) is 17.8 Å². The lowest BCUT2D eigenvalue weighted by molar-refractivity contribution is -0.418.